The summed E-state index contributed by atoms with van der Waals surface area (Å²) >= 11 is 0. The first-order valence-electron chi connectivity index (χ1n) is 9.05. The van der Waals surface area contributed by atoms with Crippen LogP contribution in [-0.2, 0) is 27.4 Å². The van der Waals surface area contributed by atoms with Gasteiger partial charge in [0.15, 0.2) is 5.78 Å². The number of ether oxygens (including phenoxy) is 1. The van der Waals surface area contributed by atoms with E-state index in [9.17, 15) is 23.5 Å². The summed E-state index contributed by atoms with van der Waals surface area (Å²) in [5, 5.41) is 9.99. The van der Waals surface area contributed by atoms with Crippen molar-refractivity contribution in [3.63, 3.8) is 0 Å². The minimum Gasteiger partial charge on any atom is -0.460 e. The molecule has 0 aliphatic rings. The molecule has 0 heterocycles. The standard InChI is InChI=1S/C21H24F2N2O4/c22-21(23,20(28)16(24)11-14-7-3-1-4-8-14)19(25)17(26)12-18(27)29-13-15-9-5-2-6-10-15/h1-10,16,19-20,28H,11-13,24-25H2. The Morgan fingerprint density at radius 2 is 1.48 bits per heavy atom. The molecule has 0 fully saturated rings. The van der Waals surface area contributed by atoms with Gasteiger partial charge in [-0.1, -0.05) is 60.7 Å². The quantitative estimate of drug-likeness (QED) is 0.408. The van der Waals surface area contributed by atoms with Crippen LogP contribution in [0.2, 0.25) is 0 Å². The van der Waals surface area contributed by atoms with Gasteiger partial charge >= 0.3 is 5.97 Å². The topological polar surface area (TPSA) is 116 Å². The average Bonchev–Trinajstić information content (AvgIpc) is 2.72. The molecule has 0 radical (unpaired) electrons. The zero-order chi connectivity index (χ0) is 21.4. The van der Waals surface area contributed by atoms with E-state index in [0.29, 0.717) is 11.1 Å². The van der Waals surface area contributed by atoms with Gasteiger partial charge in [-0.25, -0.2) is 8.78 Å². The molecule has 5 N–H and O–H groups in total. The summed E-state index contributed by atoms with van der Waals surface area (Å²) in [6.45, 7) is -0.0941. The summed E-state index contributed by atoms with van der Waals surface area (Å²) < 4.78 is 33.9. The molecule has 0 amide bonds. The van der Waals surface area contributed by atoms with Crippen LogP contribution in [0.3, 0.4) is 0 Å². The number of aliphatic hydroxyl groups is 1. The van der Waals surface area contributed by atoms with Crippen molar-refractivity contribution in [1.82, 2.24) is 0 Å². The molecule has 0 aliphatic carbocycles. The van der Waals surface area contributed by atoms with Crippen molar-refractivity contribution in [3.8, 4) is 0 Å². The lowest BCUT2D eigenvalue weighted by Crippen LogP contribution is -2.59. The van der Waals surface area contributed by atoms with Gasteiger partial charge in [-0.3, -0.25) is 9.59 Å². The highest BCUT2D eigenvalue weighted by Crippen LogP contribution is 2.26. The van der Waals surface area contributed by atoms with Gasteiger partial charge in [0.25, 0.3) is 5.92 Å². The molecule has 6 nitrogen and oxygen atoms in total. The smallest absolute Gasteiger partial charge is 0.313 e. The Hall–Kier alpha value is -2.68. The number of carbonyl (C=O) groups is 2. The largest absolute Gasteiger partial charge is 0.460 e. The number of ketones is 1. The fraction of sp³-hybridized carbons (Fsp3) is 0.333. The van der Waals surface area contributed by atoms with Crippen LogP contribution in [0.4, 0.5) is 8.78 Å². The summed E-state index contributed by atoms with van der Waals surface area (Å²) in [7, 11) is 0. The molecule has 29 heavy (non-hydrogen) atoms. The lowest BCUT2D eigenvalue weighted by Gasteiger charge is -2.30. The molecule has 156 valence electrons. The van der Waals surface area contributed by atoms with Crippen LogP contribution < -0.4 is 11.5 Å². The van der Waals surface area contributed by atoms with Gasteiger partial charge in [0.1, 0.15) is 25.2 Å². The molecule has 0 saturated carbocycles. The number of carbonyl (C=O) groups excluding carboxylic acids is 2. The van der Waals surface area contributed by atoms with Crippen molar-refractivity contribution in [2.75, 3.05) is 0 Å². The maximum absolute atomic E-state index is 14.5. The summed E-state index contributed by atoms with van der Waals surface area (Å²) in [5.41, 5.74) is 12.4. The van der Waals surface area contributed by atoms with Gasteiger partial charge in [-0.05, 0) is 17.5 Å². The van der Waals surface area contributed by atoms with Crippen molar-refractivity contribution in [1.29, 1.82) is 0 Å². The van der Waals surface area contributed by atoms with Crippen LogP contribution in [0.5, 0.6) is 0 Å². The monoisotopic (exact) mass is 406 g/mol. The van der Waals surface area contributed by atoms with Crippen LogP contribution in [-0.4, -0.2) is 41.0 Å². The number of hydrogen-bond donors (Lipinski definition) is 3. The lowest BCUT2D eigenvalue weighted by molar-refractivity contribution is -0.157. The molecule has 3 unspecified atom stereocenters. The molecule has 2 aromatic rings. The normalized spacial score (nSPS) is 14.7. The number of hydrogen-bond acceptors (Lipinski definition) is 6. The van der Waals surface area contributed by atoms with Crippen molar-refractivity contribution in [3.05, 3.63) is 71.8 Å². The number of benzene rings is 2. The van der Waals surface area contributed by atoms with Crippen LogP contribution >= 0.6 is 0 Å². The zero-order valence-corrected chi connectivity index (χ0v) is 15.7. The maximum Gasteiger partial charge on any atom is 0.313 e. The minimum absolute atomic E-state index is 0.0301. The Morgan fingerprint density at radius 1 is 0.966 bits per heavy atom. The molecule has 0 aromatic heterocycles. The Kier molecular flexibility index (Phi) is 7.95. The number of rotatable bonds is 10. The molecule has 3 atom stereocenters. The van der Waals surface area contributed by atoms with Gasteiger partial charge in [0.05, 0.1) is 0 Å². The molecule has 0 saturated heterocycles. The third-order valence-corrected chi connectivity index (χ3v) is 4.44. The van der Waals surface area contributed by atoms with E-state index in [0.717, 1.165) is 0 Å². The van der Waals surface area contributed by atoms with Crippen LogP contribution in [0.1, 0.15) is 17.5 Å². The van der Waals surface area contributed by atoms with Gasteiger partial charge in [0.2, 0.25) is 0 Å². The summed E-state index contributed by atoms with van der Waals surface area (Å²) in [5.74, 6) is -6.22. The summed E-state index contributed by atoms with van der Waals surface area (Å²) in [6, 6.07) is 13.5. The Balaban J connectivity index is 1.90. The Labute approximate surface area is 167 Å². The van der Waals surface area contributed by atoms with E-state index in [1.165, 1.54) is 0 Å². The van der Waals surface area contributed by atoms with Crippen LogP contribution in [0.25, 0.3) is 0 Å². The maximum atomic E-state index is 14.5. The number of aliphatic hydroxyl groups excluding tert-OH is 1. The first-order valence-corrected chi connectivity index (χ1v) is 9.05. The Morgan fingerprint density at radius 3 is 2.03 bits per heavy atom. The number of Topliss-reactive ketones (excluding diaryl/α,β-unsaturated/α-hetero) is 1. The molecule has 8 heteroatoms. The van der Waals surface area contributed by atoms with Crippen LogP contribution in [0.15, 0.2) is 60.7 Å². The van der Waals surface area contributed by atoms with Gasteiger partial charge in [-0.15, -0.1) is 0 Å². The average molecular weight is 406 g/mol. The highest BCUT2D eigenvalue weighted by atomic mass is 19.3. The number of esters is 1. The first-order chi connectivity index (χ1) is 13.7. The molecule has 0 spiro atoms. The van der Waals surface area contributed by atoms with E-state index in [1.54, 1.807) is 60.7 Å². The van der Waals surface area contributed by atoms with Gasteiger partial charge in [0, 0.05) is 6.04 Å². The number of alkyl halides is 2. The molecular weight excluding hydrogens is 382 g/mol. The van der Waals surface area contributed by atoms with Gasteiger partial charge < -0.3 is 21.3 Å². The molecule has 2 aromatic carbocycles. The van der Waals surface area contributed by atoms with E-state index in [4.69, 9.17) is 16.2 Å². The van der Waals surface area contributed by atoms with E-state index >= 15 is 0 Å². The van der Waals surface area contributed by atoms with Gasteiger partial charge in [-0.2, -0.15) is 0 Å². The lowest BCUT2D eigenvalue weighted by atomic mass is 9.92. The highest BCUT2D eigenvalue weighted by molar-refractivity contribution is 5.99. The van der Waals surface area contributed by atoms with Crippen molar-refractivity contribution in [2.45, 2.75) is 43.6 Å². The molecular formula is C21H24F2N2O4. The second-order valence-electron chi connectivity index (χ2n) is 6.74. The first kappa shape index (κ1) is 22.6. The van der Waals surface area contributed by atoms with Crippen molar-refractivity contribution in [2.24, 2.45) is 11.5 Å². The third kappa shape index (κ3) is 6.42. The minimum atomic E-state index is -4.01. The molecule has 0 bridgehead atoms. The molecule has 0 aliphatic heterocycles. The summed E-state index contributed by atoms with van der Waals surface area (Å²) in [6.07, 6.45) is -3.32. The zero-order valence-electron chi connectivity index (χ0n) is 15.7. The molecule has 2 rings (SSSR count). The summed E-state index contributed by atoms with van der Waals surface area (Å²) in [4.78, 5) is 23.8. The fourth-order valence-electron chi connectivity index (χ4n) is 2.72. The number of halogens is 2. The van der Waals surface area contributed by atoms with E-state index in [1.807, 2.05) is 0 Å². The Bertz CT molecular complexity index is 803. The second kappa shape index (κ2) is 10.2. The number of nitrogens with two attached hydrogens (primary N) is 2. The van der Waals surface area contributed by atoms with E-state index < -0.39 is 42.3 Å². The third-order valence-electron chi connectivity index (χ3n) is 4.44. The second-order valence-corrected chi connectivity index (χ2v) is 6.74. The SMILES string of the molecule is NC(Cc1ccccc1)C(O)C(F)(F)C(N)C(=O)CC(=O)OCc1ccccc1. The van der Waals surface area contributed by atoms with E-state index in [-0.39, 0.29) is 13.0 Å². The van der Waals surface area contributed by atoms with Crippen molar-refractivity contribution >= 4 is 11.8 Å². The van der Waals surface area contributed by atoms with Crippen molar-refractivity contribution < 1.29 is 28.2 Å². The fourth-order valence-corrected chi connectivity index (χ4v) is 2.72. The predicted molar refractivity (Wildman–Crippen MR) is 103 cm³/mol. The van der Waals surface area contributed by atoms with Crippen LogP contribution in [0, 0.1) is 0 Å². The highest BCUT2D eigenvalue weighted by Gasteiger charge is 2.50. The van der Waals surface area contributed by atoms with E-state index in [2.05, 4.69) is 0 Å². The predicted octanol–water partition coefficient (Wildman–Crippen LogP) is 1.58.